The molecule has 0 aliphatic heterocycles. The van der Waals surface area contributed by atoms with E-state index >= 15 is 0 Å². The summed E-state index contributed by atoms with van der Waals surface area (Å²) < 4.78 is 13.3. The van der Waals surface area contributed by atoms with Crippen molar-refractivity contribution >= 4 is 5.82 Å². The van der Waals surface area contributed by atoms with Crippen LogP contribution in [0.2, 0.25) is 0 Å². The molecule has 0 saturated heterocycles. The predicted molar refractivity (Wildman–Crippen MR) is 48.3 cm³/mol. The number of nitrogens with zero attached hydrogens (tertiary/aromatic N) is 2. The first-order valence-electron chi connectivity index (χ1n) is 4.14. The van der Waals surface area contributed by atoms with Crippen molar-refractivity contribution in [3.8, 4) is 0 Å². The Bertz CT molecular complexity index is 305. The summed E-state index contributed by atoms with van der Waals surface area (Å²) in [6.07, 6.45) is 1.21. The van der Waals surface area contributed by atoms with Crippen molar-refractivity contribution in [2.24, 2.45) is 0 Å². The number of anilines is 1. The maximum Gasteiger partial charge on any atom is 0.186 e. The molecule has 0 amide bonds. The van der Waals surface area contributed by atoms with Crippen LogP contribution < -0.4 is 5.32 Å². The minimum absolute atomic E-state index is 0.00870. The quantitative estimate of drug-likeness (QED) is 0.622. The third-order valence-electron chi connectivity index (χ3n) is 1.75. The van der Waals surface area contributed by atoms with E-state index in [4.69, 9.17) is 10.2 Å². The molecule has 1 heterocycles. The van der Waals surface area contributed by atoms with Gasteiger partial charge in [0.15, 0.2) is 11.6 Å². The van der Waals surface area contributed by atoms with Crippen molar-refractivity contribution in [1.29, 1.82) is 0 Å². The fourth-order valence-electron chi connectivity index (χ4n) is 0.901. The molecule has 1 aromatic heterocycles. The Kier molecular flexibility index (Phi) is 3.73. The van der Waals surface area contributed by atoms with Gasteiger partial charge in [-0.1, -0.05) is 0 Å². The zero-order valence-electron chi connectivity index (χ0n) is 7.74. The molecular weight excluding hydrogens is 189 g/mol. The van der Waals surface area contributed by atoms with Gasteiger partial charge in [-0.05, 0) is 6.92 Å². The highest BCUT2D eigenvalue weighted by molar-refractivity contribution is 5.37. The van der Waals surface area contributed by atoms with Crippen LogP contribution in [0.25, 0.3) is 0 Å². The van der Waals surface area contributed by atoms with Gasteiger partial charge in [0.05, 0.1) is 24.9 Å². The molecule has 5 nitrogen and oxygen atoms in total. The van der Waals surface area contributed by atoms with E-state index in [2.05, 4.69) is 15.3 Å². The van der Waals surface area contributed by atoms with Crippen LogP contribution in [-0.2, 0) is 0 Å². The standard InChI is InChI=1S/C8H12FN3O2/c1-5-7(9)8(11-4-10-5)12-6(2-13)3-14/h4,6,13-14H,2-3H2,1H3,(H,10,11,12). The lowest BCUT2D eigenvalue weighted by Crippen LogP contribution is -2.28. The minimum atomic E-state index is -0.612. The van der Waals surface area contributed by atoms with Crippen molar-refractivity contribution < 1.29 is 14.6 Å². The van der Waals surface area contributed by atoms with Gasteiger partial charge < -0.3 is 15.5 Å². The van der Waals surface area contributed by atoms with E-state index in [1.165, 1.54) is 13.3 Å². The highest BCUT2D eigenvalue weighted by Gasteiger charge is 2.11. The van der Waals surface area contributed by atoms with Gasteiger partial charge in [-0.25, -0.2) is 14.4 Å². The number of aromatic nitrogens is 2. The van der Waals surface area contributed by atoms with Gasteiger partial charge in [0.1, 0.15) is 6.33 Å². The molecule has 0 saturated carbocycles. The Morgan fingerprint density at radius 2 is 2.07 bits per heavy atom. The lowest BCUT2D eigenvalue weighted by atomic mass is 10.3. The Labute approximate surface area is 80.6 Å². The lowest BCUT2D eigenvalue weighted by molar-refractivity contribution is 0.203. The number of hydrogen-bond acceptors (Lipinski definition) is 5. The number of aliphatic hydroxyl groups excluding tert-OH is 2. The summed E-state index contributed by atoms with van der Waals surface area (Å²) in [6, 6.07) is -0.612. The molecule has 0 bridgehead atoms. The molecule has 1 rings (SSSR count). The molecule has 6 heteroatoms. The van der Waals surface area contributed by atoms with Crippen molar-refractivity contribution in [2.45, 2.75) is 13.0 Å². The Balaban J connectivity index is 2.80. The molecule has 0 aliphatic rings. The fraction of sp³-hybridized carbons (Fsp3) is 0.500. The number of aliphatic hydroxyl groups is 2. The van der Waals surface area contributed by atoms with E-state index in [1.807, 2.05) is 0 Å². The van der Waals surface area contributed by atoms with Crippen LogP contribution in [-0.4, -0.2) is 39.4 Å². The van der Waals surface area contributed by atoms with Gasteiger partial charge >= 0.3 is 0 Å². The summed E-state index contributed by atoms with van der Waals surface area (Å²) in [7, 11) is 0. The third-order valence-corrected chi connectivity index (χ3v) is 1.75. The van der Waals surface area contributed by atoms with Gasteiger partial charge in [-0.2, -0.15) is 0 Å². The monoisotopic (exact) mass is 201 g/mol. The van der Waals surface area contributed by atoms with Crippen LogP contribution in [0.15, 0.2) is 6.33 Å². The van der Waals surface area contributed by atoms with Gasteiger partial charge in [0.2, 0.25) is 0 Å². The first kappa shape index (κ1) is 10.8. The first-order valence-corrected chi connectivity index (χ1v) is 4.14. The van der Waals surface area contributed by atoms with Crippen molar-refractivity contribution in [1.82, 2.24) is 9.97 Å². The summed E-state index contributed by atoms with van der Waals surface area (Å²) >= 11 is 0. The molecule has 0 unspecified atom stereocenters. The van der Waals surface area contributed by atoms with Crippen LogP contribution in [0.5, 0.6) is 0 Å². The number of hydrogen-bond donors (Lipinski definition) is 3. The molecule has 0 spiro atoms. The van der Waals surface area contributed by atoms with Gasteiger partial charge in [0.25, 0.3) is 0 Å². The van der Waals surface area contributed by atoms with Gasteiger partial charge in [-0.3, -0.25) is 0 Å². The Hall–Kier alpha value is -1.27. The van der Waals surface area contributed by atoms with Gasteiger partial charge in [0, 0.05) is 0 Å². The van der Waals surface area contributed by atoms with Crippen LogP contribution in [0, 0.1) is 12.7 Å². The molecule has 0 atom stereocenters. The summed E-state index contributed by atoms with van der Waals surface area (Å²) in [5, 5.41) is 20.1. The molecule has 1 aromatic rings. The number of nitrogens with one attached hydrogen (secondary N) is 1. The Morgan fingerprint density at radius 3 is 2.64 bits per heavy atom. The van der Waals surface area contributed by atoms with Crippen molar-refractivity contribution in [2.75, 3.05) is 18.5 Å². The minimum Gasteiger partial charge on any atom is -0.394 e. The lowest BCUT2D eigenvalue weighted by Gasteiger charge is -2.14. The zero-order chi connectivity index (χ0) is 10.6. The molecule has 0 aliphatic carbocycles. The van der Waals surface area contributed by atoms with Crippen molar-refractivity contribution in [3.05, 3.63) is 17.8 Å². The summed E-state index contributed by atoms with van der Waals surface area (Å²) in [6.45, 7) is 0.924. The molecular formula is C8H12FN3O2. The zero-order valence-corrected chi connectivity index (χ0v) is 7.74. The Morgan fingerprint density at radius 1 is 1.43 bits per heavy atom. The SMILES string of the molecule is Cc1ncnc(NC(CO)CO)c1F. The third kappa shape index (κ3) is 2.36. The summed E-state index contributed by atoms with van der Waals surface area (Å²) in [5.41, 5.74) is 0.220. The van der Waals surface area contributed by atoms with Crippen LogP contribution >= 0.6 is 0 Å². The number of rotatable bonds is 4. The molecule has 0 fully saturated rings. The fourth-order valence-corrected chi connectivity index (χ4v) is 0.901. The molecule has 14 heavy (non-hydrogen) atoms. The highest BCUT2D eigenvalue weighted by Crippen LogP contribution is 2.12. The van der Waals surface area contributed by atoms with Crippen LogP contribution in [0.4, 0.5) is 10.2 Å². The maximum atomic E-state index is 13.3. The van der Waals surface area contributed by atoms with Crippen LogP contribution in [0.3, 0.4) is 0 Å². The second-order valence-electron chi connectivity index (χ2n) is 2.83. The smallest absolute Gasteiger partial charge is 0.186 e. The van der Waals surface area contributed by atoms with E-state index in [0.717, 1.165) is 0 Å². The van der Waals surface area contributed by atoms with Crippen LogP contribution in [0.1, 0.15) is 5.69 Å². The largest absolute Gasteiger partial charge is 0.394 e. The second kappa shape index (κ2) is 4.83. The average Bonchev–Trinajstić information content (AvgIpc) is 2.20. The van der Waals surface area contributed by atoms with Crippen molar-refractivity contribution in [3.63, 3.8) is 0 Å². The van der Waals surface area contributed by atoms with E-state index in [9.17, 15) is 4.39 Å². The topological polar surface area (TPSA) is 78.3 Å². The van der Waals surface area contributed by atoms with E-state index in [1.54, 1.807) is 0 Å². The normalized spacial score (nSPS) is 10.6. The average molecular weight is 201 g/mol. The molecule has 0 aromatic carbocycles. The van der Waals surface area contributed by atoms with E-state index in [0.29, 0.717) is 0 Å². The highest BCUT2D eigenvalue weighted by atomic mass is 19.1. The van der Waals surface area contributed by atoms with Gasteiger partial charge in [-0.15, -0.1) is 0 Å². The maximum absolute atomic E-state index is 13.3. The molecule has 78 valence electrons. The second-order valence-corrected chi connectivity index (χ2v) is 2.83. The molecule has 3 N–H and O–H groups in total. The number of halogens is 1. The predicted octanol–water partition coefficient (Wildman–Crippen LogP) is -0.311. The van der Waals surface area contributed by atoms with E-state index < -0.39 is 11.9 Å². The summed E-state index contributed by atoms with van der Waals surface area (Å²) in [5.74, 6) is -0.579. The first-order chi connectivity index (χ1) is 6.69. The molecule has 0 radical (unpaired) electrons. The number of aryl methyl sites for hydroxylation is 1. The summed E-state index contributed by atoms with van der Waals surface area (Å²) in [4.78, 5) is 7.30. The van der Waals surface area contributed by atoms with E-state index in [-0.39, 0.29) is 24.7 Å².